The summed E-state index contributed by atoms with van der Waals surface area (Å²) in [6, 6.07) is 4.62. The molecule has 0 N–H and O–H groups in total. The quantitative estimate of drug-likeness (QED) is 0.483. The third-order valence-electron chi connectivity index (χ3n) is 4.80. The predicted octanol–water partition coefficient (Wildman–Crippen LogP) is 2.07. The molecule has 1 amide bonds. The van der Waals surface area contributed by atoms with E-state index in [0.29, 0.717) is 35.4 Å². The molecular formula is C17H22N4O5S3. The lowest BCUT2D eigenvalue weighted by Gasteiger charge is -2.28. The van der Waals surface area contributed by atoms with Crippen molar-refractivity contribution in [2.75, 3.05) is 31.4 Å². The highest BCUT2D eigenvalue weighted by molar-refractivity contribution is 7.98. The van der Waals surface area contributed by atoms with Gasteiger partial charge in [-0.1, -0.05) is 11.3 Å². The standard InChI is InChI=1S/C17H22N4O5S3/c1-27-9-8-20-14-6-5-13(21(23)24)10-15(14)28-17(20)18-16(22)12-4-3-7-19(11-12)29(2,25)26/h5-6,10,12H,3-4,7-9,11H2,1-2H3. The maximum absolute atomic E-state index is 12.8. The fraction of sp³-hybridized carbons (Fsp3) is 0.529. The topological polar surface area (TPSA) is 115 Å². The monoisotopic (exact) mass is 458 g/mol. The van der Waals surface area contributed by atoms with Crippen molar-refractivity contribution in [1.29, 1.82) is 0 Å². The number of hydrogen-bond acceptors (Lipinski definition) is 7. The summed E-state index contributed by atoms with van der Waals surface area (Å²) in [5, 5.41) is 11.1. The van der Waals surface area contributed by atoms with Crippen molar-refractivity contribution in [2.24, 2.45) is 10.9 Å². The Bertz CT molecular complexity index is 1110. The molecule has 0 spiro atoms. The molecule has 0 aliphatic carbocycles. The number of amides is 1. The number of fused-ring (bicyclic) bond motifs is 1. The van der Waals surface area contributed by atoms with Gasteiger partial charge < -0.3 is 4.57 Å². The molecule has 1 aromatic carbocycles. The molecule has 1 aromatic heterocycles. The Balaban J connectivity index is 1.99. The van der Waals surface area contributed by atoms with Gasteiger partial charge in [0.05, 0.1) is 27.3 Å². The lowest BCUT2D eigenvalue weighted by atomic mass is 9.99. The van der Waals surface area contributed by atoms with Gasteiger partial charge in [0.2, 0.25) is 10.0 Å². The van der Waals surface area contributed by atoms with E-state index in [4.69, 9.17) is 0 Å². The number of carbonyl (C=O) groups excluding carboxylic acids is 1. The number of hydrogen-bond donors (Lipinski definition) is 0. The number of nitro groups is 1. The summed E-state index contributed by atoms with van der Waals surface area (Å²) in [7, 11) is -3.35. The van der Waals surface area contributed by atoms with Crippen LogP contribution in [-0.4, -0.2) is 59.5 Å². The van der Waals surface area contributed by atoms with Crippen LogP contribution in [0.3, 0.4) is 0 Å². The van der Waals surface area contributed by atoms with Crippen molar-refractivity contribution in [1.82, 2.24) is 8.87 Å². The minimum Gasteiger partial charge on any atom is -0.316 e. The molecule has 29 heavy (non-hydrogen) atoms. The minimum atomic E-state index is -3.35. The van der Waals surface area contributed by atoms with Gasteiger partial charge in [-0.25, -0.2) is 12.7 Å². The number of rotatable bonds is 6. The number of thioether (sulfide) groups is 1. The van der Waals surface area contributed by atoms with Crippen molar-refractivity contribution < 1.29 is 18.1 Å². The first-order valence-corrected chi connectivity index (χ1v) is 13.1. The number of thiazole rings is 1. The Kier molecular flexibility index (Phi) is 6.76. The molecule has 0 bridgehead atoms. The molecule has 1 saturated heterocycles. The first kappa shape index (κ1) is 21.9. The van der Waals surface area contributed by atoms with Crippen molar-refractivity contribution >= 4 is 54.9 Å². The summed E-state index contributed by atoms with van der Waals surface area (Å²) < 4.78 is 27.5. The van der Waals surface area contributed by atoms with E-state index in [-0.39, 0.29) is 18.1 Å². The zero-order valence-corrected chi connectivity index (χ0v) is 18.6. The minimum absolute atomic E-state index is 0.00952. The number of benzene rings is 1. The van der Waals surface area contributed by atoms with Crippen molar-refractivity contribution in [3.63, 3.8) is 0 Å². The molecule has 12 heteroatoms. The van der Waals surface area contributed by atoms with Crippen molar-refractivity contribution in [3.8, 4) is 0 Å². The van der Waals surface area contributed by atoms with Crippen LogP contribution in [0.5, 0.6) is 0 Å². The Morgan fingerprint density at radius 3 is 2.86 bits per heavy atom. The Hall–Kier alpha value is -1.76. The van der Waals surface area contributed by atoms with Crippen LogP contribution in [0.4, 0.5) is 5.69 Å². The third-order valence-corrected chi connectivity index (χ3v) is 7.71. The number of carbonyl (C=O) groups is 1. The first-order valence-electron chi connectivity index (χ1n) is 9.01. The lowest BCUT2D eigenvalue weighted by Crippen LogP contribution is -2.41. The molecule has 158 valence electrons. The molecule has 2 heterocycles. The Morgan fingerprint density at radius 2 is 2.21 bits per heavy atom. The summed E-state index contributed by atoms with van der Waals surface area (Å²) in [4.78, 5) is 28.2. The summed E-state index contributed by atoms with van der Waals surface area (Å²) in [5.74, 6) is -0.0282. The van der Waals surface area contributed by atoms with E-state index in [1.165, 1.54) is 27.8 Å². The number of nitro benzene ring substituents is 1. The smallest absolute Gasteiger partial charge is 0.270 e. The lowest BCUT2D eigenvalue weighted by molar-refractivity contribution is -0.384. The van der Waals surface area contributed by atoms with Crippen molar-refractivity contribution in [2.45, 2.75) is 19.4 Å². The first-order chi connectivity index (χ1) is 13.7. The highest BCUT2D eigenvalue weighted by Crippen LogP contribution is 2.24. The van der Waals surface area contributed by atoms with E-state index < -0.39 is 20.9 Å². The average Bonchev–Trinajstić information content (AvgIpc) is 3.01. The zero-order chi connectivity index (χ0) is 21.2. The third kappa shape index (κ3) is 5.05. The van der Waals surface area contributed by atoms with Gasteiger partial charge in [-0.3, -0.25) is 14.9 Å². The molecule has 1 aliphatic heterocycles. The van der Waals surface area contributed by atoms with Crippen LogP contribution in [0.15, 0.2) is 23.2 Å². The molecule has 1 fully saturated rings. The van der Waals surface area contributed by atoms with Crippen LogP contribution >= 0.6 is 23.1 Å². The largest absolute Gasteiger partial charge is 0.316 e. The van der Waals surface area contributed by atoms with Crippen LogP contribution in [0, 0.1) is 16.0 Å². The van der Waals surface area contributed by atoms with E-state index in [0.717, 1.165) is 17.5 Å². The maximum atomic E-state index is 12.8. The number of non-ortho nitro benzene ring substituents is 1. The molecule has 1 atom stereocenters. The van der Waals surface area contributed by atoms with Gasteiger partial charge in [-0.05, 0) is 25.2 Å². The van der Waals surface area contributed by atoms with E-state index >= 15 is 0 Å². The number of aryl methyl sites for hydroxylation is 1. The molecule has 0 radical (unpaired) electrons. The SMILES string of the molecule is CSCCn1c(=NC(=O)C2CCCN(S(C)(=O)=O)C2)sc2cc([N+](=O)[O-])ccc21. The highest BCUT2D eigenvalue weighted by atomic mass is 32.2. The van der Waals surface area contributed by atoms with Gasteiger partial charge >= 0.3 is 0 Å². The van der Waals surface area contributed by atoms with E-state index in [1.807, 2.05) is 10.8 Å². The number of sulfonamides is 1. The summed E-state index contributed by atoms with van der Waals surface area (Å²) >= 11 is 2.89. The average molecular weight is 459 g/mol. The van der Waals surface area contributed by atoms with E-state index in [1.54, 1.807) is 17.8 Å². The van der Waals surface area contributed by atoms with Crippen LogP contribution < -0.4 is 4.80 Å². The van der Waals surface area contributed by atoms with Crippen LogP contribution in [0.2, 0.25) is 0 Å². The number of aromatic nitrogens is 1. The summed E-state index contributed by atoms with van der Waals surface area (Å²) in [5.41, 5.74) is 0.785. The van der Waals surface area contributed by atoms with E-state index in [9.17, 15) is 23.3 Å². The van der Waals surface area contributed by atoms with E-state index in [2.05, 4.69) is 4.99 Å². The van der Waals surface area contributed by atoms with Crippen LogP contribution in [-0.2, 0) is 21.4 Å². The molecule has 0 saturated carbocycles. The second kappa shape index (κ2) is 8.94. The second-order valence-corrected chi connectivity index (χ2v) is 10.8. The van der Waals surface area contributed by atoms with Gasteiger partial charge in [0.15, 0.2) is 4.80 Å². The van der Waals surface area contributed by atoms with Gasteiger partial charge in [-0.2, -0.15) is 16.8 Å². The molecule has 3 rings (SSSR count). The normalized spacial score (nSPS) is 19.0. The fourth-order valence-corrected chi connectivity index (χ4v) is 5.66. The number of nitrogens with zero attached hydrogens (tertiary/aromatic N) is 4. The Labute approximate surface area is 176 Å². The highest BCUT2D eigenvalue weighted by Gasteiger charge is 2.30. The summed E-state index contributed by atoms with van der Waals surface area (Å²) in [6.07, 6.45) is 4.33. The molecule has 1 aliphatic rings. The zero-order valence-electron chi connectivity index (χ0n) is 16.1. The van der Waals surface area contributed by atoms with Crippen LogP contribution in [0.25, 0.3) is 10.2 Å². The number of piperidine rings is 1. The van der Waals surface area contributed by atoms with Gasteiger partial charge in [0, 0.05) is 37.5 Å². The van der Waals surface area contributed by atoms with Crippen molar-refractivity contribution in [3.05, 3.63) is 33.1 Å². The molecule has 9 nitrogen and oxygen atoms in total. The molecule has 2 aromatic rings. The summed E-state index contributed by atoms with van der Waals surface area (Å²) in [6.45, 7) is 1.18. The fourth-order valence-electron chi connectivity index (χ4n) is 3.29. The predicted molar refractivity (Wildman–Crippen MR) is 115 cm³/mol. The van der Waals surface area contributed by atoms with Gasteiger partial charge in [0.1, 0.15) is 0 Å². The Morgan fingerprint density at radius 1 is 1.45 bits per heavy atom. The molecule has 1 unspecified atom stereocenters. The van der Waals surface area contributed by atoms with Gasteiger partial charge in [-0.15, -0.1) is 0 Å². The van der Waals surface area contributed by atoms with Crippen LogP contribution in [0.1, 0.15) is 12.8 Å². The van der Waals surface area contributed by atoms with Gasteiger partial charge in [0.25, 0.3) is 11.6 Å². The maximum Gasteiger partial charge on any atom is 0.270 e. The second-order valence-electron chi connectivity index (χ2n) is 6.85. The molecular weight excluding hydrogens is 436 g/mol.